The lowest BCUT2D eigenvalue weighted by molar-refractivity contribution is -0.141. The van der Waals surface area contributed by atoms with Crippen LogP contribution < -0.4 is 21.7 Å². The fourth-order valence-corrected chi connectivity index (χ4v) is 2.37. The molecule has 0 saturated heterocycles. The van der Waals surface area contributed by atoms with Crippen LogP contribution in [-0.4, -0.2) is 89.6 Å². The summed E-state index contributed by atoms with van der Waals surface area (Å²) < 4.78 is 0. The minimum absolute atomic E-state index is 0.146. The van der Waals surface area contributed by atoms with Crippen LogP contribution in [0.1, 0.15) is 61.3 Å². The van der Waals surface area contributed by atoms with Gasteiger partial charge in [0.15, 0.2) is 0 Å². The van der Waals surface area contributed by atoms with E-state index in [0.29, 0.717) is 24.7 Å². The second-order valence-electron chi connectivity index (χ2n) is 9.09. The summed E-state index contributed by atoms with van der Waals surface area (Å²) in [6.07, 6.45) is 1.37. The predicted octanol–water partition coefficient (Wildman–Crippen LogP) is 1.14. The van der Waals surface area contributed by atoms with E-state index in [-0.39, 0.29) is 18.0 Å². The molecule has 12 nitrogen and oxygen atoms in total. The first-order valence-corrected chi connectivity index (χ1v) is 11.6. The SMILES string of the molecule is CN[C@@H](CC(C)C)C(=O)O.CN[C@@H](CC(C)C)C(=O)O.CN[C@H](C(=O)O)C(C)C.C[C@H](N)C(=O)O. The monoisotopic (exact) mass is 510 g/mol. The van der Waals surface area contributed by atoms with E-state index in [9.17, 15) is 19.2 Å². The number of hydrogen-bond donors (Lipinski definition) is 8. The van der Waals surface area contributed by atoms with Gasteiger partial charge in [0, 0.05) is 0 Å². The molecule has 0 amide bonds. The zero-order chi connectivity index (χ0) is 28.9. The molecule has 0 radical (unpaired) electrons. The number of carboxylic acids is 4. The van der Waals surface area contributed by atoms with Gasteiger partial charge >= 0.3 is 23.9 Å². The minimum atomic E-state index is -0.963. The van der Waals surface area contributed by atoms with Gasteiger partial charge in [-0.25, -0.2) is 0 Å². The molecule has 0 bridgehead atoms. The van der Waals surface area contributed by atoms with Crippen molar-refractivity contribution in [3.8, 4) is 0 Å². The van der Waals surface area contributed by atoms with Crippen molar-refractivity contribution in [2.24, 2.45) is 23.5 Å². The molecule has 0 unspecified atom stereocenters. The highest BCUT2D eigenvalue weighted by molar-refractivity contribution is 5.74. The molecule has 0 aliphatic rings. The van der Waals surface area contributed by atoms with Gasteiger partial charge < -0.3 is 42.1 Å². The number of nitrogens with one attached hydrogen (secondary N) is 3. The van der Waals surface area contributed by atoms with Crippen molar-refractivity contribution >= 4 is 23.9 Å². The van der Waals surface area contributed by atoms with Crippen LogP contribution >= 0.6 is 0 Å². The average molecular weight is 511 g/mol. The summed E-state index contributed by atoms with van der Waals surface area (Å²) in [5.74, 6) is -2.29. The number of likely N-dealkylation sites (N-methyl/N-ethyl adjacent to an activating group) is 3. The molecule has 0 fully saturated rings. The Hall–Kier alpha value is -2.28. The zero-order valence-electron chi connectivity index (χ0n) is 23.0. The first kappa shape index (κ1) is 39.9. The molecule has 4 atom stereocenters. The van der Waals surface area contributed by atoms with E-state index in [4.69, 9.17) is 26.2 Å². The highest BCUT2D eigenvalue weighted by Crippen LogP contribution is 2.04. The van der Waals surface area contributed by atoms with Crippen LogP contribution in [0.2, 0.25) is 0 Å². The van der Waals surface area contributed by atoms with Gasteiger partial charge in [-0.05, 0) is 58.7 Å². The topological polar surface area (TPSA) is 211 Å². The van der Waals surface area contributed by atoms with Gasteiger partial charge in [0.25, 0.3) is 0 Å². The summed E-state index contributed by atoms with van der Waals surface area (Å²) >= 11 is 0. The second-order valence-corrected chi connectivity index (χ2v) is 9.09. The van der Waals surface area contributed by atoms with Gasteiger partial charge in [0.05, 0.1) is 0 Å². The number of aliphatic carboxylic acids is 4. The van der Waals surface area contributed by atoms with E-state index >= 15 is 0 Å². The van der Waals surface area contributed by atoms with Crippen molar-refractivity contribution < 1.29 is 39.6 Å². The van der Waals surface area contributed by atoms with Crippen molar-refractivity contribution in [1.29, 1.82) is 0 Å². The van der Waals surface area contributed by atoms with Crippen molar-refractivity contribution in [3.05, 3.63) is 0 Å². The van der Waals surface area contributed by atoms with Gasteiger partial charge in [-0.15, -0.1) is 0 Å². The quantitative estimate of drug-likeness (QED) is 0.186. The van der Waals surface area contributed by atoms with E-state index in [2.05, 4.69) is 16.0 Å². The summed E-state index contributed by atoms with van der Waals surface area (Å²) in [5, 5.41) is 41.6. The maximum atomic E-state index is 10.4. The molecule has 9 N–H and O–H groups in total. The van der Waals surface area contributed by atoms with Gasteiger partial charge in [-0.1, -0.05) is 41.5 Å². The van der Waals surface area contributed by atoms with Crippen LogP contribution in [-0.2, 0) is 19.2 Å². The third-order valence-corrected chi connectivity index (χ3v) is 4.34. The van der Waals surface area contributed by atoms with Crippen LogP contribution in [0.4, 0.5) is 0 Å². The highest BCUT2D eigenvalue weighted by atomic mass is 16.4. The van der Waals surface area contributed by atoms with Gasteiger partial charge in [0.1, 0.15) is 24.2 Å². The first-order chi connectivity index (χ1) is 15.9. The lowest BCUT2D eigenvalue weighted by Crippen LogP contribution is -2.38. The van der Waals surface area contributed by atoms with E-state index in [1.165, 1.54) is 6.92 Å². The van der Waals surface area contributed by atoms with Crippen molar-refractivity contribution in [1.82, 2.24) is 16.0 Å². The van der Waals surface area contributed by atoms with Gasteiger partial charge in [-0.2, -0.15) is 0 Å². The summed E-state index contributed by atoms with van der Waals surface area (Å²) in [6.45, 7) is 13.2. The van der Waals surface area contributed by atoms with Crippen LogP contribution in [0, 0.1) is 17.8 Å². The smallest absolute Gasteiger partial charge is 0.320 e. The third kappa shape index (κ3) is 27.8. The predicted molar refractivity (Wildman–Crippen MR) is 136 cm³/mol. The maximum Gasteiger partial charge on any atom is 0.320 e. The van der Waals surface area contributed by atoms with Gasteiger partial charge in [-0.3, -0.25) is 19.2 Å². The Kier molecular flexibility index (Phi) is 26.8. The van der Waals surface area contributed by atoms with Crippen LogP contribution in [0.15, 0.2) is 0 Å². The number of rotatable bonds is 12. The van der Waals surface area contributed by atoms with Crippen molar-refractivity contribution in [3.63, 3.8) is 0 Å². The number of carboxylic acid groups (broad SMARTS) is 4. The number of nitrogens with two attached hydrogens (primary N) is 1. The van der Waals surface area contributed by atoms with E-state index in [1.807, 2.05) is 41.5 Å². The average Bonchev–Trinajstić information content (AvgIpc) is 2.70. The standard InChI is InChI=1S/2C7H15NO2.C6H13NO2.C3H7NO2/c2*1-5(2)4-6(8-3)7(9)10;1-4(2)5(7-3)6(8)9;1-2(4)3(5)6/h2*5-6,8H,4H2,1-3H3,(H,9,10);4-5,7H,1-3H3,(H,8,9);2H,4H2,1H3,(H,5,6)/t2*6-;5-;2-/m0000/s1. The molecule has 12 heteroatoms. The molecule has 0 heterocycles. The summed E-state index contributed by atoms with van der Waals surface area (Å²) in [6, 6.07) is -1.92. The Balaban J connectivity index is -0.000000186. The Bertz CT molecular complexity index is 556. The molecule has 210 valence electrons. The maximum absolute atomic E-state index is 10.4. The normalized spacial score (nSPS) is 13.7. The van der Waals surface area contributed by atoms with E-state index in [1.54, 1.807) is 21.1 Å². The molecule has 0 rings (SSSR count). The highest BCUT2D eigenvalue weighted by Gasteiger charge is 2.18. The third-order valence-electron chi connectivity index (χ3n) is 4.34. The summed E-state index contributed by atoms with van der Waals surface area (Å²) in [4.78, 5) is 40.7. The zero-order valence-corrected chi connectivity index (χ0v) is 23.0. The Morgan fingerprint density at radius 2 is 0.886 bits per heavy atom. The first-order valence-electron chi connectivity index (χ1n) is 11.6. The molecule has 0 aromatic carbocycles. The Labute approximate surface area is 210 Å². The molecule has 35 heavy (non-hydrogen) atoms. The van der Waals surface area contributed by atoms with Gasteiger partial charge in [0.2, 0.25) is 0 Å². The van der Waals surface area contributed by atoms with Crippen LogP contribution in [0.25, 0.3) is 0 Å². The summed E-state index contributed by atoms with van der Waals surface area (Å²) in [5.41, 5.74) is 4.84. The molecule has 0 aliphatic heterocycles. The lowest BCUT2D eigenvalue weighted by atomic mass is 10.0. The fraction of sp³-hybridized carbons (Fsp3) is 0.826. The molecule has 0 aromatic rings. The molecule has 0 aromatic heterocycles. The van der Waals surface area contributed by atoms with Crippen molar-refractivity contribution in [2.75, 3.05) is 21.1 Å². The van der Waals surface area contributed by atoms with Crippen LogP contribution in [0.5, 0.6) is 0 Å². The van der Waals surface area contributed by atoms with Crippen molar-refractivity contribution in [2.45, 2.75) is 85.5 Å². The Morgan fingerprint density at radius 3 is 0.914 bits per heavy atom. The number of carbonyl (C=O) groups is 4. The minimum Gasteiger partial charge on any atom is -0.480 e. The number of hydrogen-bond acceptors (Lipinski definition) is 8. The molecular weight excluding hydrogens is 460 g/mol. The van der Waals surface area contributed by atoms with E-state index < -0.39 is 36.0 Å². The Morgan fingerprint density at radius 1 is 0.600 bits per heavy atom. The molecule has 0 saturated carbocycles. The largest absolute Gasteiger partial charge is 0.480 e. The fourth-order valence-electron chi connectivity index (χ4n) is 2.37. The molecule has 0 spiro atoms. The summed E-state index contributed by atoms with van der Waals surface area (Å²) in [7, 11) is 4.99. The van der Waals surface area contributed by atoms with Crippen LogP contribution in [0.3, 0.4) is 0 Å². The van der Waals surface area contributed by atoms with E-state index in [0.717, 1.165) is 0 Å². The lowest BCUT2D eigenvalue weighted by Gasteiger charge is -2.13. The molecular formula is C23H50N4O8. The molecule has 0 aliphatic carbocycles. The second kappa shape index (κ2) is 23.5.